The molecule has 1 aromatic carbocycles. The summed E-state index contributed by atoms with van der Waals surface area (Å²) in [6, 6.07) is 3.63. The smallest absolute Gasteiger partial charge is 0.140 e. The minimum atomic E-state index is 0.466. The van der Waals surface area contributed by atoms with E-state index in [9.17, 15) is 0 Å². The first-order chi connectivity index (χ1) is 7.54. The van der Waals surface area contributed by atoms with E-state index in [0.29, 0.717) is 17.4 Å². The van der Waals surface area contributed by atoms with Gasteiger partial charge in [0.05, 0.1) is 15.5 Å². The summed E-state index contributed by atoms with van der Waals surface area (Å²) in [7, 11) is 1.60. The molecule has 0 atom stereocenters. The van der Waals surface area contributed by atoms with Crippen molar-refractivity contribution in [2.45, 2.75) is 6.92 Å². The highest BCUT2D eigenvalue weighted by atomic mass is 79.9. The van der Waals surface area contributed by atoms with Crippen LogP contribution in [0.3, 0.4) is 0 Å². The molecule has 0 bridgehead atoms. The fourth-order valence-corrected chi connectivity index (χ4v) is 1.84. The molecule has 0 aromatic heterocycles. The molecular formula is C11H11Br2ClO2. The molecule has 1 rings (SSSR count). The highest BCUT2D eigenvalue weighted by molar-refractivity contribution is 9.28. The lowest BCUT2D eigenvalue weighted by Crippen LogP contribution is -1.95. The molecule has 0 heterocycles. The van der Waals surface area contributed by atoms with Crippen LogP contribution in [0.1, 0.15) is 5.56 Å². The summed E-state index contributed by atoms with van der Waals surface area (Å²) in [6.45, 7) is 2.39. The number of hydrogen-bond donors (Lipinski definition) is 0. The SMILES string of the molecule is COc1c(C)cc(OCC=C(Br)Br)cc1Cl. The molecular weight excluding hydrogens is 359 g/mol. The van der Waals surface area contributed by atoms with Crippen LogP contribution in [-0.4, -0.2) is 13.7 Å². The maximum Gasteiger partial charge on any atom is 0.140 e. The molecule has 0 unspecified atom stereocenters. The monoisotopic (exact) mass is 368 g/mol. The Morgan fingerprint density at radius 2 is 2.12 bits per heavy atom. The number of benzene rings is 1. The van der Waals surface area contributed by atoms with Crippen molar-refractivity contribution in [3.63, 3.8) is 0 Å². The van der Waals surface area contributed by atoms with Crippen LogP contribution in [0.25, 0.3) is 0 Å². The van der Waals surface area contributed by atoms with Gasteiger partial charge in [-0.15, -0.1) is 0 Å². The number of aryl methyl sites for hydroxylation is 1. The number of ether oxygens (including phenoxy) is 2. The Hall–Kier alpha value is -0.190. The predicted octanol–water partition coefficient (Wildman–Crippen LogP) is 4.67. The maximum absolute atomic E-state index is 6.04. The lowest BCUT2D eigenvalue weighted by atomic mass is 10.2. The minimum Gasteiger partial charge on any atom is -0.495 e. The average Bonchev–Trinajstić information content (AvgIpc) is 2.16. The topological polar surface area (TPSA) is 18.5 Å². The number of hydrogen-bond acceptors (Lipinski definition) is 2. The first-order valence-electron chi connectivity index (χ1n) is 4.52. The predicted molar refractivity (Wildman–Crippen MR) is 74.2 cm³/mol. The van der Waals surface area contributed by atoms with E-state index in [1.54, 1.807) is 13.2 Å². The van der Waals surface area contributed by atoms with E-state index in [2.05, 4.69) is 31.9 Å². The molecule has 0 saturated heterocycles. The normalized spacial score (nSPS) is 9.81. The Kier molecular flexibility index (Phi) is 5.66. The van der Waals surface area contributed by atoms with Gasteiger partial charge in [0, 0.05) is 6.07 Å². The highest BCUT2D eigenvalue weighted by Gasteiger charge is 2.07. The molecule has 2 nitrogen and oxygen atoms in total. The Morgan fingerprint density at radius 1 is 1.44 bits per heavy atom. The first-order valence-corrected chi connectivity index (χ1v) is 6.49. The van der Waals surface area contributed by atoms with Crippen LogP contribution in [0.5, 0.6) is 11.5 Å². The summed E-state index contributed by atoms with van der Waals surface area (Å²) in [5, 5.41) is 0.555. The fourth-order valence-electron chi connectivity index (χ4n) is 1.24. The van der Waals surface area contributed by atoms with Gasteiger partial charge < -0.3 is 9.47 Å². The standard InChI is InChI=1S/C11H11Br2ClO2/c1-7-5-8(16-4-3-10(12)13)6-9(14)11(7)15-2/h3,5-6H,4H2,1-2H3. The molecule has 0 aliphatic rings. The maximum atomic E-state index is 6.04. The Labute approximate surface area is 117 Å². The van der Waals surface area contributed by atoms with Crippen LogP contribution >= 0.6 is 43.5 Å². The number of methoxy groups -OCH3 is 1. The molecule has 0 spiro atoms. The zero-order valence-corrected chi connectivity index (χ0v) is 12.8. The summed E-state index contributed by atoms with van der Waals surface area (Å²) >= 11 is 12.5. The van der Waals surface area contributed by atoms with Crippen molar-refractivity contribution in [3.8, 4) is 11.5 Å². The summed E-state index contributed by atoms with van der Waals surface area (Å²) in [5.74, 6) is 1.41. The fraction of sp³-hybridized carbons (Fsp3) is 0.273. The third kappa shape index (κ3) is 4.00. The molecule has 16 heavy (non-hydrogen) atoms. The quantitative estimate of drug-likeness (QED) is 0.767. The molecule has 0 radical (unpaired) electrons. The molecule has 88 valence electrons. The van der Waals surface area contributed by atoms with E-state index in [4.69, 9.17) is 21.1 Å². The molecule has 0 saturated carbocycles. The van der Waals surface area contributed by atoms with E-state index >= 15 is 0 Å². The van der Waals surface area contributed by atoms with E-state index in [1.807, 2.05) is 19.1 Å². The third-order valence-electron chi connectivity index (χ3n) is 1.89. The van der Waals surface area contributed by atoms with Crippen molar-refractivity contribution in [1.29, 1.82) is 0 Å². The van der Waals surface area contributed by atoms with Crippen molar-refractivity contribution in [1.82, 2.24) is 0 Å². The van der Waals surface area contributed by atoms with Crippen LogP contribution in [0.4, 0.5) is 0 Å². The van der Waals surface area contributed by atoms with E-state index in [0.717, 1.165) is 14.7 Å². The number of halogens is 3. The van der Waals surface area contributed by atoms with Crippen LogP contribution < -0.4 is 9.47 Å². The van der Waals surface area contributed by atoms with Crippen LogP contribution in [-0.2, 0) is 0 Å². The van der Waals surface area contributed by atoms with Crippen molar-refractivity contribution < 1.29 is 9.47 Å². The highest BCUT2D eigenvalue weighted by Crippen LogP contribution is 2.32. The second-order valence-electron chi connectivity index (χ2n) is 3.06. The van der Waals surface area contributed by atoms with Crippen LogP contribution in [0.15, 0.2) is 21.6 Å². The molecule has 0 amide bonds. The van der Waals surface area contributed by atoms with Crippen molar-refractivity contribution in [3.05, 3.63) is 32.2 Å². The first kappa shape index (κ1) is 13.9. The molecule has 0 aliphatic heterocycles. The van der Waals surface area contributed by atoms with Gasteiger partial charge >= 0.3 is 0 Å². The van der Waals surface area contributed by atoms with Gasteiger partial charge in [0.25, 0.3) is 0 Å². The van der Waals surface area contributed by atoms with Gasteiger partial charge in [-0.25, -0.2) is 0 Å². The number of rotatable bonds is 4. The third-order valence-corrected chi connectivity index (χ3v) is 2.82. The van der Waals surface area contributed by atoms with Gasteiger partial charge in [-0.3, -0.25) is 0 Å². The molecule has 0 N–H and O–H groups in total. The lowest BCUT2D eigenvalue weighted by Gasteiger charge is -2.10. The van der Waals surface area contributed by atoms with Crippen molar-refractivity contribution in [2.75, 3.05) is 13.7 Å². The minimum absolute atomic E-state index is 0.466. The largest absolute Gasteiger partial charge is 0.495 e. The Bertz CT molecular complexity index is 378. The van der Waals surface area contributed by atoms with Crippen LogP contribution in [0, 0.1) is 6.92 Å². The average molecular weight is 370 g/mol. The Balaban J connectivity index is 2.80. The van der Waals surface area contributed by atoms with Gasteiger partial charge in [0.2, 0.25) is 0 Å². The van der Waals surface area contributed by atoms with Crippen molar-refractivity contribution in [2.24, 2.45) is 0 Å². The summed E-state index contributed by atoms with van der Waals surface area (Å²) in [4.78, 5) is 0. The van der Waals surface area contributed by atoms with Gasteiger partial charge in [-0.05, 0) is 56.5 Å². The second-order valence-corrected chi connectivity index (χ2v) is 6.24. The molecule has 5 heteroatoms. The van der Waals surface area contributed by atoms with E-state index in [1.165, 1.54) is 0 Å². The molecule has 0 aliphatic carbocycles. The van der Waals surface area contributed by atoms with Gasteiger partial charge in [-0.2, -0.15) is 0 Å². The Morgan fingerprint density at radius 3 is 2.62 bits per heavy atom. The van der Waals surface area contributed by atoms with Crippen molar-refractivity contribution >= 4 is 43.5 Å². The summed E-state index contributed by atoms with van der Waals surface area (Å²) in [6.07, 6.45) is 1.85. The van der Waals surface area contributed by atoms with E-state index < -0.39 is 0 Å². The van der Waals surface area contributed by atoms with Gasteiger partial charge in [0.15, 0.2) is 0 Å². The lowest BCUT2D eigenvalue weighted by molar-refractivity contribution is 0.360. The van der Waals surface area contributed by atoms with Gasteiger partial charge in [-0.1, -0.05) is 11.6 Å². The molecule has 0 fully saturated rings. The summed E-state index contributed by atoms with van der Waals surface area (Å²) in [5.41, 5.74) is 0.951. The zero-order valence-electron chi connectivity index (χ0n) is 8.89. The van der Waals surface area contributed by atoms with Crippen LogP contribution in [0.2, 0.25) is 5.02 Å². The van der Waals surface area contributed by atoms with E-state index in [-0.39, 0.29) is 0 Å². The summed E-state index contributed by atoms with van der Waals surface area (Å²) < 4.78 is 11.5. The second kappa shape index (κ2) is 6.52. The van der Waals surface area contributed by atoms with Gasteiger partial charge in [0.1, 0.15) is 18.1 Å². The zero-order chi connectivity index (χ0) is 12.1. The molecule has 1 aromatic rings.